The molecule has 0 spiro atoms. The number of rotatable bonds is 4. The SMILES string of the molecule is COCCCN1CCNCC1C(C)(C)C. The molecule has 1 aliphatic rings. The van der Waals surface area contributed by atoms with Crippen molar-refractivity contribution in [3.05, 3.63) is 0 Å². The fourth-order valence-corrected chi connectivity index (χ4v) is 2.28. The van der Waals surface area contributed by atoms with Gasteiger partial charge in [0, 0.05) is 45.9 Å². The van der Waals surface area contributed by atoms with Gasteiger partial charge in [-0.1, -0.05) is 20.8 Å². The van der Waals surface area contributed by atoms with E-state index in [9.17, 15) is 0 Å². The Labute approximate surface area is 94.2 Å². The summed E-state index contributed by atoms with van der Waals surface area (Å²) in [4.78, 5) is 2.61. The zero-order chi connectivity index (χ0) is 11.3. The van der Waals surface area contributed by atoms with E-state index in [4.69, 9.17) is 4.74 Å². The van der Waals surface area contributed by atoms with E-state index < -0.39 is 0 Å². The van der Waals surface area contributed by atoms with Crippen molar-refractivity contribution in [1.82, 2.24) is 10.2 Å². The molecule has 3 nitrogen and oxygen atoms in total. The molecular weight excluding hydrogens is 188 g/mol. The summed E-state index contributed by atoms with van der Waals surface area (Å²) in [5, 5.41) is 3.49. The van der Waals surface area contributed by atoms with E-state index in [-0.39, 0.29) is 0 Å². The Kier molecular flexibility index (Phi) is 5.03. The third kappa shape index (κ3) is 4.09. The van der Waals surface area contributed by atoms with Gasteiger partial charge in [-0.15, -0.1) is 0 Å². The minimum Gasteiger partial charge on any atom is -0.385 e. The van der Waals surface area contributed by atoms with E-state index in [0.29, 0.717) is 11.5 Å². The summed E-state index contributed by atoms with van der Waals surface area (Å²) in [6.07, 6.45) is 1.14. The van der Waals surface area contributed by atoms with Crippen LogP contribution < -0.4 is 5.32 Å². The van der Waals surface area contributed by atoms with E-state index in [1.165, 1.54) is 6.54 Å². The van der Waals surface area contributed by atoms with Crippen LogP contribution in [-0.4, -0.2) is 50.8 Å². The average Bonchev–Trinajstić information content (AvgIpc) is 2.17. The van der Waals surface area contributed by atoms with E-state index in [1.54, 1.807) is 7.11 Å². The zero-order valence-corrected chi connectivity index (χ0v) is 10.7. The molecule has 1 heterocycles. The number of ether oxygens (including phenoxy) is 1. The molecule has 1 N–H and O–H groups in total. The van der Waals surface area contributed by atoms with Crippen LogP contribution in [0.15, 0.2) is 0 Å². The van der Waals surface area contributed by atoms with Crippen LogP contribution in [0.25, 0.3) is 0 Å². The zero-order valence-electron chi connectivity index (χ0n) is 10.7. The molecule has 1 rings (SSSR count). The maximum absolute atomic E-state index is 5.11. The van der Waals surface area contributed by atoms with Gasteiger partial charge in [0.1, 0.15) is 0 Å². The summed E-state index contributed by atoms with van der Waals surface area (Å²) < 4.78 is 5.11. The van der Waals surface area contributed by atoms with Gasteiger partial charge in [-0.25, -0.2) is 0 Å². The largest absolute Gasteiger partial charge is 0.385 e. The van der Waals surface area contributed by atoms with Crippen molar-refractivity contribution in [3.63, 3.8) is 0 Å². The third-order valence-electron chi connectivity index (χ3n) is 3.15. The smallest absolute Gasteiger partial charge is 0.0474 e. The second-order valence-electron chi connectivity index (χ2n) is 5.47. The molecule has 1 unspecified atom stereocenters. The third-order valence-corrected chi connectivity index (χ3v) is 3.15. The molecule has 1 atom stereocenters. The van der Waals surface area contributed by atoms with Gasteiger partial charge in [-0.2, -0.15) is 0 Å². The van der Waals surface area contributed by atoms with Crippen LogP contribution in [0.5, 0.6) is 0 Å². The molecule has 3 heteroatoms. The molecule has 15 heavy (non-hydrogen) atoms. The highest BCUT2D eigenvalue weighted by Gasteiger charge is 2.31. The Hall–Kier alpha value is -0.120. The molecule has 90 valence electrons. The Bertz CT molecular complexity index is 177. The monoisotopic (exact) mass is 214 g/mol. The van der Waals surface area contributed by atoms with Gasteiger partial charge in [0.2, 0.25) is 0 Å². The van der Waals surface area contributed by atoms with Gasteiger partial charge < -0.3 is 10.1 Å². The molecule has 0 amide bonds. The number of methoxy groups -OCH3 is 1. The highest BCUT2D eigenvalue weighted by Crippen LogP contribution is 2.25. The maximum atomic E-state index is 5.11. The molecule has 0 aromatic carbocycles. The number of piperazine rings is 1. The predicted octanol–water partition coefficient (Wildman–Crippen LogP) is 1.34. The van der Waals surface area contributed by atoms with Crippen molar-refractivity contribution in [2.75, 3.05) is 39.9 Å². The average molecular weight is 214 g/mol. The lowest BCUT2D eigenvalue weighted by molar-refractivity contribution is 0.0659. The number of hydrogen-bond donors (Lipinski definition) is 1. The first-order valence-electron chi connectivity index (χ1n) is 5.99. The lowest BCUT2D eigenvalue weighted by Gasteiger charge is -2.43. The summed E-state index contributed by atoms with van der Waals surface area (Å²) in [5.74, 6) is 0. The van der Waals surface area contributed by atoms with Crippen molar-refractivity contribution in [3.8, 4) is 0 Å². The maximum Gasteiger partial charge on any atom is 0.0474 e. The first kappa shape index (κ1) is 12.9. The van der Waals surface area contributed by atoms with Crippen LogP contribution in [0, 0.1) is 5.41 Å². The van der Waals surface area contributed by atoms with Gasteiger partial charge in [-0.3, -0.25) is 4.90 Å². The van der Waals surface area contributed by atoms with Gasteiger partial charge >= 0.3 is 0 Å². The highest BCUT2D eigenvalue weighted by atomic mass is 16.5. The van der Waals surface area contributed by atoms with Crippen molar-refractivity contribution in [2.45, 2.75) is 33.2 Å². The summed E-state index contributed by atoms with van der Waals surface area (Å²) in [5.41, 5.74) is 0.362. The molecule has 1 fully saturated rings. The minimum absolute atomic E-state index is 0.362. The summed E-state index contributed by atoms with van der Waals surface area (Å²) in [6.45, 7) is 12.4. The summed E-state index contributed by atoms with van der Waals surface area (Å²) in [7, 11) is 1.78. The molecule has 1 aliphatic heterocycles. The minimum atomic E-state index is 0.362. The quantitative estimate of drug-likeness (QED) is 0.715. The van der Waals surface area contributed by atoms with Crippen molar-refractivity contribution in [1.29, 1.82) is 0 Å². The first-order valence-corrected chi connectivity index (χ1v) is 5.99. The van der Waals surface area contributed by atoms with E-state index in [0.717, 1.165) is 32.7 Å². The van der Waals surface area contributed by atoms with Crippen LogP contribution in [-0.2, 0) is 4.74 Å². The Balaban J connectivity index is 2.43. The molecule has 0 aliphatic carbocycles. The Morgan fingerprint density at radius 2 is 2.13 bits per heavy atom. The van der Waals surface area contributed by atoms with Gasteiger partial charge in [0.15, 0.2) is 0 Å². The number of nitrogens with one attached hydrogen (secondary N) is 1. The lowest BCUT2D eigenvalue weighted by Crippen LogP contribution is -2.56. The first-order chi connectivity index (χ1) is 7.05. The Morgan fingerprint density at radius 3 is 2.73 bits per heavy atom. The number of hydrogen-bond acceptors (Lipinski definition) is 3. The van der Waals surface area contributed by atoms with Gasteiger partial charge in [0.05, 0.1) is 0 Å². The predicted molar refractivity (Wildman–Crippen MR) is 64.2 cm³/mol. The molecule has 0 bridgehead atoms. The van der Waals surface area contributed by atoms with Crippen LogP contribution in [0.1, 0.15) is 27.2 Å². The van der Waals surface area contributed by atoms with Crippen molar-refractivity contribution in [2.24, 2.45) is 5.41 Å². The van der Waals surface area contributed by atoms with Crippen LogP contribution in [0.2, 0.25) is 0 Å². The van der Waals surface area contributed by atoms with Crippen molar-refractivity contribution >= 4 is 0 Å². The molecule has 0 aromatic heterocycles. The molecule has 0 radical (unpaired) electrons. The lowest BCUT2D eigenvalue weighted by atomic mass is 9.84. The van der Waals surface area contributed by atoms with Crippen molar-refractivity contribution < 1.29 is 4.74 Å². The van der Waals surface area contributed by atoms with E-state index in [2.05, 4.69) is 31.0 Å². The normalized spacial score (nSPS) is 24.4. The van der Waals surface area contributed by atoms with E-state index in [1.807, 2.05) is 0 Å². The second kappa shape index (κ2) is 5.83. The van der Waals surface area contributed by atoms with Gasteiger partial charge in [0.25, 0.3) is 0 Å². The standard InChI is InChI=1S/C12H26N2O/c1-12(2,3)11-10-13-6-8-14(11)7-5-9-15-4/h11,13H,5-10H2,1-4H3. The molecule has 1 saturated heterocycles. The highest BCUT2D eigenvalue weighted by molar-refractivity contribution is 4.88. The molecule has 0 saturated carbocycles. The fraction of sp³-hybridized carbons (Fsp3) is 1.00. The van der Waals surface area contributed by atoms with Crippen LogP contribution in [0.3, 0.4) is 0 Å². The molecular formula is C12H26N2O. The van der Waals surface area contributed by atoms with Crippen LogP contribution in [0.4, 0.5) is 0 Å². The summed E-state index contributed by atoms with van der Waals surface area (Å²) >= 11 is 0. The molecule has 0 aromatic rings. The fourth-order valence-electron chi connectivity index (χ4n) is 2.28. The van der Waals surface area contributed by atoms with E-state index >= 15 is 0 Å². The van der Waals surface area contributed by atoms with Crippen LogP contribution >= 0.6 is 0 Å². The Morgan fingerprint density at radius 1 is 1.40 bits per heavy atom. The van der Waals surface area contributed by atoms with Gasteiger partial charge in [-0.05, 0) is 11.8 Å². The number of nitrogens with zero attached hydrogens (tertiary/aromatic N) is 1. The topological polar surface area (TPSA) is 24.5 Å². The summed E-state index contributed by atoms with van der Waals surface area (Å²) in [6, 6.07) is 0.656. The second-order valence-corrected chi connectivity index (χ2v) is 5.47.